The van der Waals surface area contributed by atoms with Gasteiger partial charge in [0, 0.05) is 31.0 Å². The van der Waals surface area contributed by atoms with E-state index in [0.717, 1.165) is 38.0 Å². The molecule has 0 saturated carbocycles. The van der Waals surface area contributed by atoms with Crippen LogP contribution >= 0.6 is 0 Å². The number of aromatic nitrogens is 2. The Balaban J connectivity index is 1.50. The molecule has 1 amide bonds. The monoisotopic (exact) mass is 326 g/mol. The number of rotatable bonds is 6. The Bertz CT molecular complexity index is 694. The molecule has 1 saturated heterocycles. The largest absolute Gasteiger partial charge is 0.371 e. The van der Waals surface area contributed by atoms with Crippen molar-refractivity contribution in [1.29, 1.82) is 0 Å². The van der Waals surface area contributed by atoms with Gasteiger partial charge in [0.2, 0.25) is 0 Å². The lowest BCUT2D eigenvalue weighted by atomic mass is 10.1. The highest BCUT2D eigenvalue weighted by Crippen LogP contribution is 2.26. The maximum absolute atomic E-state index is 12.2. The molecule has 0 aliphatic carbocycles. The zero-order valence-electron chi connectivity index (χ0n) is 14.5. The van der Waals surface area contributed by atoms with Crippen molar-refractivity contribution in [2.75, 3.05) is 24.5 Å². The zero-order chi connectivity index (χ0) is 16.9. The second kappa shape index (κ2) is 7.51. The fourth-order valence-electron chi connectivity index (χ4n) is 3.34. The molecule has 2 N–H and O–H groups in total. The van der Waals surface area contributed by atoms with Crippen molar-refractivity contribution in [3.63, 3.8) is 0 Å². The van der Waals surface area contributed by atoms with Crippen molar-refractivity contribution >= 4 is 11.6 Å². The predicted molar refractivity (Wildman–Crippen MR) is 96.4 cm³/mol. The lowest BCUT2D eigenvalue weighted by Crippen LogP contribution is -2.31. The average Bonchev–Trinajstić information content (AvgIpc) is 3.23. The quantitative estimate of drug-likeness (QED) is 0.858. The molecule has 1 aromatic carbocycles. The van der Waals surface area contributed by atoms with E-state index in [1.807, 2.05) is 6.07 Å². The van der Waals surface area contributed by atoms with Crippen molar-refractivity contribution < 1.29 is 4.79 Å². The molecule has 2 aromatic rings. The molecule has 2 heterocycles. The van der Waals surface area contributed by atoms with Crippen molar-refractivity contribution in [2.24, 2.45) is 5.92 Å². The van der Waals surface area contributed by atoms with Gasteiger partial charge in [0.05, 0.1) is 0 Å². The third-order valence-electron chi connectivity index (χ3n) is 4.68. The Morgan fingerprint density at radius 1 is 1.42 bits per heavy atom. The van der Waals surface area contributed by atoms with E-state index in [1.165, 1.54) is 11.3 Å². The van der Waals surface area contributed by atoms with Crippen LogP contribution in [0.1, 0.15) is 41.5 Å². The first-order valence-electron chi connectivity index (χ1n) is 8.80. The summed E-state index contributed by atoms with van der Waals surface area (Å²) in [5.41, 5.74) is 4.13. The highest BCUT2D eigenvalue weighted by Gasteiger charge is 2.24. The number of benzene rings is 1. The normalized spacial score (nSPS) is 17.2. The Morgan fingerprint density at radius 2 is 2.25 bits per heavy atom. The molecule has 1 unspecified atom stereocenters. The maximum Gasteiger partial charge on any atom is 0.271 e. The number of nitrogens with one attached hydrogen (secondary N) is 2. The van der Waals surface area contributed by atoms with E-state index in [4.69, 9.17) is 0 Å². The second-order valence-corrected chi connectivity index (χ2v) is 6.63. The molecule has 5 nitrogen and oxygen atoms in total. The molecule has 0 bridgehead atoms. The number of anilines is 1. The van der Waals surface area contributed by atoms with E-state index in [-0.39, 0.29) is 5.91 Å². The molecule has 1 fully saturated rings. The number of amides is 1. The second-order valence-electron chi connectivity index (χ2n) is 6.63. The minimum Gasteiger partial charge on any atom is -0.371 e. The van der Waals surface area contributed by atoms with Crippen LogP contribution in [0.25, 0.3) is 0 Å². The Kier molecular flexibility index (Phi) is 5.18. The number of aryl methyl sites for hydroxylation is 2. The number of hydrogen-bond donors (Lipinski definition) is 2. The molecular formula is C19H26N4O. The minimum absolute atomic E-state index is 0.0806. The van der Waals surface area contributed by atoms with Crippen LogP contribution in [0.15, 0.2) is 30.3 Å². The summed E-state index contributed by atoms with van der Waals surface area (Å²) in [6, 6.07) is 10.3. The third-order valence-corrected chi connectivity index (χ3v) is 4.68. The van der Waals surface area contributed by atoms with E-state index in [1.54, 1.807) is 0 Å². The van der Waals surface area contributed by atoms with E-state index < -0.39 is 0 Å². The number of nitrogens with zero attached hydrogens (tertiary/aromatic N) is 2. The van der Waals surface area contributed by atoms with Crippen LogP contribution in [0.5, 0.6) is 0 Å². The van der Waals surface area contributed by atoms with Crippen molar-refractivity contribution in [3.05, 3.63) is 47.3 Å². The first-order chi connectivity index (χ1) is 11.7. The zero-order valence-corrected chi connectivity index (χ0v) is 14.5. The summed E-state index contributed by atoms with van der Waals surface area (Å²) in [4.78, 5) is 14.6. The molecule has 24 heavy (non-hydrogen) atoms. The van der Waals surface area contributed by atoms with Crippen LogP contribution < -0.4 is 10.2 Å². The van der Waals surface area contributed by atoms with Crippen LogP contribution in [0.4, 0.5) is 5.69 Å². The van der Waals surface area contributed by atoms with Crippen LogP contribution in [-0.2, 0) is 6.42 Å². The van der Waals surface area contributed by atoms with Crippen LogP contribution in [0.2, 0.25) is 0 Å². The lowest BCUT2D eigenvalue weighted by Gasteiger charge is -2.21. The van der Waals surface area contributed by atoms with Gasteiger partial charge in [-0.15, -0.1) is 0 Å². The summed E-state index contributed by atoms with van der Waals surface area (Å²) in [6.45, 7) is 7.01. The Morgan fingerprint density at radius 3 is 3.04 bits per heavy atom. The smallest absolute Gasteiger partial charge is 0.271 e. The standard InChI is InChI=1S/C19H26N4O/c1-3-6-16-11-17(22-21-16)19(24)20-12-15-9-10-23(13-15)18-8-5-4-7-14(18)2/h4-5,7-8,11,15H,3,6,9-10,12-13H2,1-2H3,(H,20,24)(H,21,22). The summed E-state index contributed by atoms with van der Waals surface area (Å²) in [7, 11) is 0. The van der Waals surface area contributed by atoms with Gasteiger partial charge in [-0.05, 0) is 43.4 Å². The van der Waals surface area contributed by atoms with Crippen molar-refractivity contribution in [1.82, 2.24) is 15.5 Å². The van der Waals surface area contributed by atoms with Gasteiger partial charge in [-0.2, -0.15) is 5.10 Å². The Hall–Kier alpha value is -2.30. The fourth-order valence-corrected chi connectivity index (χ4v) is 3.34. The summed E-state index contributed by atoms with van der Waals surface area (Å²) >= 11 is 0. The SMILES string of the molecule is CCCc1cc(C(=O)NCC2CCN(c3ccccc3C)C2)n[nH]1. The first-order valence-corrected chi connectivity index (χ1v) is 8.80. The number of para-hydroxylation sites is 1. The summed E-state index contributed by atoms with van der Waals surface area (Å²) < 4.78 is 0. The molecule has 1 aliphatic rings. The van der Waals surface area contributed by atoms with Gasteiger partial charge in [0.15, 0.2) is 0 Å². The number of carbonyl (C=O) groups is 1. The molecule has 5 heteroatoms. The van der Waals surface area contributed by atoms with E-state index in [2.05, 4.69) is 58.5 Å². The molecule has 1 atom stereocenters. The number of carbonyl (C=O) groups excluding carboxylic acids is 1. The lowest BCUT2D eigenvalue weighted by molar-refractivity contribution is 0.0943. The van der Waals surface area contributed by atoms with Gasteiger partial charge < -0.3 is 10.2 Å². The number of aromatic amines is 1. The molecule has 1 aromatic heterocycles. The molecule has 0 spiro atoms. The maximum atomic E-state index is 12.2. The van der Waals surface area contributed by atoms with Gasteiger partial charge in [-0.1, -0.05) is 31.5 Å². The number of H-pyrrole nitrogens is 1. The average molecular weight is 326 g/mol. The summed E-state index contributed by atoms with van der Waals surface area (Å²) in [6.07, 6.45) is 3.07. The topological polar surface area (TPSA) is 61.0 Å². The van der Waals surface area contributed by atoms with Gasteiger partial charge in [0.1, 0.15) is 5.69 Å². The Labute approximate surface area is 143 Å². The molecule has 1 aliphatic heterocycles. The van der Waals surface area contributed by atoms with Gasteiger partial charge in [0.25, 0.3) is 5.91 Å². The van der Waals surface area contributed by atoms with E-state index in [9.17, 15) is 4.79 Å². The minimum atomic E-state index is -0.0806. The first kappa shape index (κ1) is 16.6. The van der Waals surface area contributed by atoms with Crippen LogP contribution in [0, 0.1) is 12.8 Å². The van der Waals surface area contributed by atoms with Crippen molar-refractivity contribution in [2.45, 2.75) is 33.1 Å². The molecule has 128 valence electrons. The summed E-state index contributed by atoms with van der Waals surface area (Å²) in [5, 5.41) is 10.1. The number of hydrogen-bond acceptors (Lipinski definition) is 3. The highest BCUT2D eigenvalue weighted by molar-refractivity contribution is 5.92. The fraction of sp³-hybridized carbons (Fsp3) is 0.474. The van der Waals surface area contributed by atoms with E-state index in [0.29, 0.717) is 18.2 Å². The van der Waals surface area contributed by atoms with Gasteiger partial charge in [-0.25, -0.2) is 0 Å². The van der Waals surface area contributed by atoms with Gasteiger partial charge >= 0.3 is 0 Å². The molecular weight excluding hydrogens is 300 g/mol. The van der Waals surface area contributed by atoms with Crippen LogP contribution in [0.3, 0.4) is 0 Å². The van der Waals surface area contributed by atoms with Gasteiger partial charge in [-0.3, -0.25) is 9.89 Å². The molecule has 0 radical (unpaired) electrons. The highest BCUT2D eigenvalue weighted by atomic mass is 16.1. The third kappa shape index (κ3) is 3.78. The molecule has 3 rings (SSSR count). The van der Waals surface area contributed by atoms with Crippen molar-refractivity contribution in [3.8, 4) is 0 Å². The van der Waals surface area contributed by atoms with E-state index >= 15 is 0 Å². The predicted octanol–water partition coefficient (Wildman–Crippen LogP) is 2.93. The summed E-state index contributed by atoms with van der Waals surface area (Å²) in [5.74, 6) is 0.408. The van der Waals surface area contributed by atoms with Crippen LogP contribution in [-0.4, -0.2) is 35.7 Å².